The van der Waals surface area contributed by atoms with Gasteiger partial charge in [-0.15, -0.1) is 0 Å². The fourth-order valence-corrected chi connectivity index (χ4v) is 3.36. The van der Waals surface area contributed by atoms with E-state index in [1.807, 2.05) is 28.0 Å². The van der Waals surface area contributed by atoms with Gasteiger partial charge in [-0.25, -0.2) is 0 Å². The molecule has 0 aromatic heterocycles. The van der Waals surface area contributed by atoms with Crippen molar-refractivity contribution in [2.45, 2.75) is 32.6 Å². The SMILES string of the molecule is CCc1ccc(OC)c(C(=O)N2CCN(C(=O)C3CCC3)CC2)c1. The van der Waals surface area contributed by atoms with Crippen molar-refractivity contribution in [1.29, 1.82) is 0 Å². The summed E-state index contributed by atoms with van der Waals surface area (Å²) in [5.74, 6) is 1.12. The van der Waals surface area contributed by atoms with Gasteiger partial charge in [0.2, 0.25) is 5.91 Å². The molecule has 5 heteroatoms. The van der Waals surface area contributed by atoms with Gasteiger partial charge in [0.25, 0.3) is 5.91 Å². The van der Waals surface area contributed by atoms with Gasteiger partial charge in [0.05, 0.1) is 12.7 Å². The van der Waals surface area contributed by atoms with Crippen LogP contribution < -0.4 is 4.74 Å². The molecule has 3 rings (SSSR count). The number of amides is 2. The maximum Gasteiger partial charge on any atom is 0.257 e. The molecule has 1 aliphatic carbocycles. The van der Waals surface area contributed by atoms with Crippen molar-refractivity contribution in [1.82, 2.24) is 9.80 Å². The third-order valence-corrected chi connectivity index (χ3v) is 5.24. The second-order valence-corrected chi connectivity index (χ2v) is 6.63. The van der Waals surface area contributed by atoms with Gasteiger partial charge in [-0.05, 0) is 37.0 Å². The van der Waals surface area contributed by atoms with E-state index >= 15 is 0 Å². The minimum Gasteiger partial charge on any atom is -0.496 e. The van der Waals surface area contributed by atoms with Crippen molar-refractivity contribution in [3.8, 4) is 5.75 Å². The van der Waals surface area contributed by atoms with Gasteiger partial charge in [0, 0.05) is 32.1 Å². The maximum absolute atomic E-state index is 12.9. The Kier molecular flexibility index (Phi) is 5.07. The van der Waals surface area contributed by atoms with Crippen LogP contribution in [0, 0.1) is 5.92 Å². The number of ether oxygens (including phenoxy) is 1. The van der Waals surface area contributed by atoms with Crippen molar-refractivity contribution < 1.29 is 14.3 Å². The lowest BCUT2D eigenvalue weighted by Crippen LogP contribution is -2.52. The first-order valence-corrected chi connectivity index (χ1v) is 8.89. The average Bonchev–Trinajstić information content (AvgIpc) is 2.59. The van der Waals surface area contributed by atoms with Crippen molar-refractivity contribution in [2.24, 2.45) is 5.92 Å². The molecule has 2 aliphatic rings. The summed E-state index contributed by atoms with van der Waals surface area (Å²) < 4.78 is 5.36. The van der Waals surface area contributed by atoms with Crippen LogP contribution in [0.3, 0.4) is 0 Å². The zero-order valence-corrected chi connectivity index (χ0v) is 14.6. The first-order chi connectivity index (χ1) is 11.6. The number of hydrogen-bond acceptors (Lipinski definition) is 3. The molecule has 0 unspecified atom stereocenters. The van der Waals surface area contributed by atoms with Crippen LogP contribution in [-0.4, -0.2) is 54.9 Å². The maximum atomic E-state index is 12.9. The lowest BCUT2D eigenvalue weighted by molar-refractivity contribution is -0.139. The molecule has 1 saturated carbocycles. The lowest BCUT2D eigenvalue weighted by Gasteiger charge is -2.38. The van der Waals surface area contributed by atoms with Crippen LogP contribution in [0.1, 0.15) is 42.1 Å². The zero-order chi connectivity index (χ0) is 17.1. The Labute approximate surface area is 143 Å². The molecular weight excluding hydrogens is 304 g/mol. The molecule has 1 aromatic carbocycles. The Bertz CT molecular complexity index is 617. The smallest absolute Gasteiger partial charge is 0.257 e. The number of benzene rings is 1. The highest BCUT2D eigenvalue weighted by Gasteiger charge is 2.32. The van der Waals surface area contributed by atoms with Crippen LogP contribution in [0.5, 0.6) is 5.75 Å². The number of hydrogen-bond donors (Lipinski definition) is 0. The third-order valence-electron chi connectivity index (χ3n) is 5.24. The molecule has 0 N–H and O–H groups in total. The minimum absolute atomic E-state index is 0.00195. The molecule has 1 aromatic rings. The first-order valence-electron chi connectivity index (χ1n) is 8.89. The molecular formula is C19H26N2O3. The van der Waals surface area contributed by atoms with Gasteiger partial charge in [-0.2, -0.15) is 0 Å². The average molecular weight is 330 g/mol. The van der Waals surface area contributed by atoms with E-state index in [4.69, 9.17) is 4.74 Å². The Morgan fingerprint density at radius 2 is 1.79 bits per heavy atom. The molecule has 0 atom stereocenters. The second kappa shape index (κ2) is 7.24. The number of rotatable bonds is 4. The van der Waals surface area contributed by atoms with E-state index < -0.39 is 0 Å². The van der Waals surface area contributed by atoms with E-state index in [0.717, 1.165) is 24.8 Å². The van der Waals surface area contributed by atoms with Crippen LogP contribution in [0.2, 0.25) is 0 Å². The number of aryl methyl sites for hydroxylation is 1. The van der Waals surface area contributed by atoms with Crippen molar-refractivity contribution >= 4 is 11.8 Å². The van der Waals surface area contributed by atoms with Crippen LogP contribution in [0.25, 0.3) is 0 Å². The molecule has 5 nitrogen and oxygen atoms in total. The zero-order valence-electron chi connectivity index (χ0n) is 14.6. The highest BCUT2D eigenvalue weighted by molar-refractivity contribution is 5.97. The van der Waals surface area contributed by atoms with Crippen LogP contribution in [-0.2, 0) is 11.2 Å². The van der Waals surface area contributed by atoms with E-state index in [1.165, 1.54) is 6.42 Å². The Morgan fingerprint density at radius 1 is 1.12 bits per heavy atom. The fraction of sp³-hybridized carbons (Fsp3) is 0.579. The summed E-state index contributed by atoms with van der Waals surface area (Å²) in [6, 6.07) is 5.78. The second-order valence-electron chi connectivity index (χ2n) is 6.63. The van der Waals surface area contributed by atoms with Crippen molar-refractivity contribution in [2.75, 3.05) is 33.3 Å². The molecule has 2 amide bonds. The van der Waals surface area contributed by atoms with E-state index in [2.05, 4.69) is 6.92 Å². The lowest BCUT2D eigenvalue weighted by atomic mass is 9.84. The summed E-state index contributed by atoms with van der Waals surface area (Å²) in [4.78, 5) is 28.9. The molecule has 1 heterocycles. The highest BCUT2D eigenvalue weighted by Crippen LogP contribution is 2.29. The summed E-state index contributed by atoms with van der Waals surface area (Å²) in [6.07, 6.45) is 4.11. The van der Waals surface area contributed by atoms with Gasteiger partial charge in [-0.1, -0.05) is 19.4 Å². The van der Waals surface area contributed by atoms with Crippen LogP contribution in [0.15, 0.2) is 18.2 Å². The van der Waals surface area contributed by atoms with E-state index in [9.17, 15) is 9.59 Å². The first kappa shape index (κ1) is 16.8. The number of carbonyl (C=O) groups is 2. The van der Waals surface area contributed by atoms with Crippen molar-refractivity contribution in [3.63, 3.8) is 0 Å². The van der Waals surface area contributed by atoms with E-state index in [1.54, 1.807) is 7.11 Å². The topological polar surface area (TPSA) is 49.9 Å². The van der Waals surface area contributed by atoms with E-state index in [0.29, 0.717) is 37.5 Å². The molecule has 1 saturated heterocycles. The predicted octanol–water partition coefficient (Wildman–Crippen LogP) is 2.34. The fourth-order valence-electron chi connectivity index (χ4n) is 3.36. The van der Waals surface area contributed by atoms with Gasteiger partial charge in [0.15, 0.2) is 0 Å². The molecule has 2 fully saturated rings. The largest absolute Gasteiger partial charge is 0.496 e. The molecule has 130 valence electrons. The summed E-state index contributed by atoms with van der Waals surface area (Å²) in [5.41, 5.74) is 1.74. The molecule has 0 bridgehead atoms. The van der Waals surface area contributed by atoms with Gasteiger partial charge < -0.3 is 14.5 Å². The molecule has 1 aliphatic heterocycles. The number of carbonyl (C=O) groups excluding carboxylic acids is 2. The third kappa shape index (κ3) is 3.25. The monoisotopic (exact) mass is 330 g/mol. The summed E-state index contributed by atoms with van der Waals surface area (Å²) in [5, 5.41) is 0. The normalized spacial score (nSPS) is 18.2. The predicted molar refractivity (Wildman–Crippen MR) is 92.2 cm³/mol. The standard InChI is InChI=1S/C19H26N2O3/c1-3-14-7-8-17(24-2)16(13-14)19(23)21-11-9-20(10-12-21)18(22)15-5-4-6-15/h7-8,13,15H,3-6,9-12H2,1-2H3. The summed E-state index contributed by atoms with van der Waals surface area (Å²) in [6.45, 7) is 4.53. The Morgan fingerprint density at radius 3 is 2.33 bits per heavy atom. The Balaban J connectivity index is 1.65. The number of nitrogens with zero attached hydrogens (tertiary/aromatic N) is 2. The van der Waals surface area contributed by atoms with Crippen LogP contribution in [0.4, 0.5) is 0 Å². The van der Waals surface area contributed by atoms with Gasteiger partial charge >= 0.3 is 0 Å². The number of methoxy groups -OCH3 is 1. The van der Waals surface area contributed by atoms with Crippen LogP contribution >= 0.6 is 0 Å². The summed E-state index contributed by atoms with van der Waals surface area (Å²) >= 11 is 0. The van der Waals surface area contributed by atoms with Gasteiger partial charge in [0.1, 0.15) is 5.75 Å². The molecule has 24 heavy (non-hydrogen) atoms. The Hall–Kier alpha value is -2.04. The quantitative estimate of drug-likeness (QED) is 0.851. The molecule has 0 spiro atoms. The minimum atomic E-state index is -0.00195. The van der Waals surface area contributed by atoms with Gasteiger partial charge in [-0.3, -0.25) is 9.59 Å². The summed E-state index contributed by atoms with van der Waals surface area (Å²) in [7, 11) is 1.59. The van der Waals surface area contributed by atoms with Crippen molar-refractivity contribution in [3.05, 3.63) is 29.3 Å². The molecule has 0 radical (unpaired) electrons. The number of piperazine rings is 1. The van der Waals surface area contributed by atoms with E-state index in [-0.39, 0.29) is 17.7 Å². The highest BCUT2D eigenvalue weighted by atomic mass is 16.5.